The van der Waals surface area contributed by atoms with Crippen molar-refractivity contribution < 1.29 is 4.79 Å². The van der Waals surface area contributed by atoms with Gasteiger partial charge in [0.05, 0.1) is 0 Å². The standard InChI is InChI=1S/C19H28N2O/c1-15-5-4-6-18(12-15)7-8-19(22)20-9-10-21-13-16(2)11-17(3)14-21/h4-8,12,16-17H,9-11,13-14H2,1-3H3,(H,20,22)/b8-7+. The molecule has 1 N–H and O–H groups in total. The molecule has 1 aromatic rings. The molecule has 0 spiro atoms. The minimum absolute atomic E-state index is 0.0142. The van der Waals surface area contributed by atoms with Gasteiger partial charge in [-0.25, -0.2) is 0 Å². The lowest BCUT2D eigenvalue weighted by molar-refractivity contribution is -0.116. The number of carbonyl (C=O) groups is 1. The van der Waals surface area contributed by atoms with E-state index in [0.717, 1.165) is 43.6 Å². The molecule has 1 aliphatic rings. The number of aryl methyl sites for hydroxylation is 1. The van der Waals surface area contributed by atoms with Crippen LogP contribution in [0.15, 0.2) is 30.3 Å². The Morgan fingerprint density at radius 3 is 2.73 bits per heavy atom. The van der Waals surface area contributed by atoms with Crippen LogP contribution in [0.5, 0.6) is 0 Å². The van der Waals surface area contributed by atoms with Crippen LogP contribution in [0.3, 0.4) is 0 Å². The topological polar surface area (TPSA) is 32.3 Å². The van der Waals surface area contributed by atoms with Gasteiger partial charge >= 0.3 is 0 Å². The van der Waals surface area contributed by atoms with Gasteiger partial charge in [0.15, 0.2) is 0 Å². The lowest BCUT2D eigenvalue weighted by atomic mass is 9.92. The normalized spacial score (nSPS) is 22.9. The second-order valence-corrected chi connectivity index (χ2v) is 6.74. The summed E-state index contributed by atoms with van der Waals surface area (Å²) >= 11 is 0. The van der Waals surface area contributed by atoms with Crippen LogP contribution in [-0.2, 0) is 4.79 Å². The first-order valence-corrected chi connectivity index (χ1v) is 8.28. The van der Waals surface area contributed by atoms with E-state index >= 15 is 0 Å². The number of likely N-dealkylation sites (tertiary alicyclic amines) is 1. The second-order valence-electron chi connectivity index (χ2n) is 6.74. The van der Waals surface area contributed by atoms with E-state index in [-0.39, 0.29) is 5.91 Å². The molecule has 2 unspecified atom stereocenters. The second kappa shape index (κ2) is 8.14. The monoisotopic (exact) mass is 300 g/mol. The summed E-state index contributed by atoms with van der Waals surface area (Å²) in [6.07, 6.45) is 4.81. The van der Waals surface area contributed by atoms with Gasteiger partial charge in [-0.3, -0.25) is 4.79 Å². The molecule has 1 aromatic carbocycles. The third-order valence-electron chi connectivity index (χ3n) is 4.14. The van der Waals surface area contributed by atoms with Gasteiger partial charge in [0, 0.05) is 32.3 Å². The van der Waals surface area contributed by atoms with Crippen LogP contribution >= 0.6 is 0 Å². The summed E-state index contributed by atoms with van der Waals surface area (Å²) in [5.74, 6) is 1.51. The molecular weight excluding hydrogens is 272 g/mol. The number of hydrogen-bond donors (Lipinski definition) is 1. The SMILES string of the molecule is Cc1cccc(/C=C/C(=O)NCCN2CC(C)CC(C)C2)c1. The van der Waals surface area contributed by atoms with Crippen molar-refractivity contribution in [3.05, 3.63) is 41.5 Å². The predicted octanol–water partition coefficient (Wildman–Crippen LogP) is 3.10. The lowest BCUT2D eigenvalue weighted by Gasteiger charge is -2.34. The number of amides is 1. The zero-order chi connectivity index (χ0) is 15.9. The largest absolute Gasteiger partial charge is 0.351 e. The Hall–Kier alpha value is -1.61. The Morgan fingerprint density at radius 1 is 1.32 bits per heavy atom. The first-order valence-electron chi connectivity index (χ1n) is 8.28. The average Bonchev–Trinajstić information content (AvgIpc) is 2.44. The summed E-state index contributed by atoms with van der Waals surface area (Å²) in [7, 11) is 0. The summed E-state index contributed by atoms with van der Waals surface area (Å²) in [4.78, 5) is 14.3. The molecule has 1 fully saturated rings. The molecule has 1 saturated heterocycles. The minimum Gasteiger partial charge on any atom is -0.351 e. The van der Waals surface area contributed by atoms with E-state index in [2.05, 4.69) is 43.1 Å². The zero-order valence-electron chi connectivity index (χ0n) is 14.0. The molecule has 0 radical (unpaired) electrons. The van der Waals surface area contributed by atoms with Crippen LogP contribution in [0.4, 0.5) is 0 Å². The highest BCUT2D eigenvalue weighted by atomic mass is 16.1. The summed E-state index contributed by atoms with van der Waals surface area (Å²) in [5, 5.41) is 2.98. The van der Waals surface area contributed by atoms with Gasteiger partial charge in [-0.2, -0.15) is 0 Å². The number of benzene rings is 1. The minimum atomic E-state index is -0.0142. The molecular formula is C19H28N2O. The van der Waals surface area contributed by atoms with Crippen molar-refractivity contribution in [3.8, 4) is 0 Å². The number of nitrogens with zero attached hydrogens (tertiary/aromatic N) is 1. The highest BCUT2D eigenvalue weighted by Crippen LogP contribution is 2.20. The number of nitrogens with one attached hydrogen (secondary N) is 1. The smallest absolute Gasteiger partial charge is 0.244 e. The van der Waals surface area contributed by atoms with Crippen LogP contribution in [0.2, 0.25) is 0 Å². The maximum atomic E-state index is 11.9. The Labute approximate surface area is 134 Å². The van der Waals surface area contributed by atoms with E-state index < -0.39 is 0 Å². The molecule has 120 valence electrons. The molecule has 0 aromatic heterocycles. The van der Waals surface area contributed by atoms with Gasteiger partial charge in [0.1, 0.15) is 0 Å². The molecule has 3 heteroatoms. The van der Waals surface area contributed by atoms with E-state index in [1.54, 1.807) is 6.08 Å². The maximum absolute atomic E-state index is 11.9. The van der Waals surface area contributed by atoms with Crippen molar-refractivity contribution in [2.24, 2.45) is 11.8 Å². The summed E-state index contributed by atoms with van der Waals surface area (Å²) in [6.45, 7) is 10.6. The molecule has 1 aliphatic heterocycles. The maximum Gasteiger partial charge on any atom is 0.244 e. The fourth-order valence-electron chi connectivity index (χ4n) is 3.32. The molecule has 1 amide bonds. The van der Waals surface area contributed by atoms with Crippen LogP contribution in [0.25, 0.3) is 6.08 Å². The Kier molecular flexibility index (Phi) is 6.20. The van der Waals surface area contributed by atoms with Crippen LogP contribution in [-0.4, -0.2) is 37.0 Å². The summed E-state index contributed by atoms with van der Waals surface area (Å²) < 4.78 is 0. The highest BCUT2D eigenvalue weighted by Gasteiger charge is 2.21. The van der Waals surface area contributed by atoms with Gasteiger partial charge in [0.25, 0.3) is 0 Å². The summed E-state index contributed by atoms with van der Waals surface area (Å²) in [5.41, 5.74) is 2.27. The van der Waals surface area contributed by atoms with Gasteiger partial charge in [-0.1, -0.05) is 43.7 Å². The van der Waals surface area contributed by atoms with Gasteiger partial charge < -0.3 is 10.2 Å². The third-order valence-corrected chi connectivity index (χ3v) is 4.14. The van der Waals surface area contributed by atoms with Gasteiger partial charge in [-0.15, -0.1) is 0 Å². The highest BCUT2D eigenvalue weighted by molar-refractivity contribution is 5.91. The molecule has 0 saturated carbocycles. The third kappa shape index (κ3) is 5.64. The number of hydrogen-bond acceptors (Lipinski definition) is 2. The molecule has 2 rings (SSSR count). The Balaban J connectivity index is 1.71. The average molecular weight is 300 g/mol. The fraction of sp³-hybridized carbons (Fsp3) is 0.526. The molecule has 0 aliphatic carbocycles. The molecule has 2 atom stereocenters. The summed E-state index contributed by atoms with van der Waals surface area (Å²) in [6, 6.07) is 8.14. The van der Waals surface area contributed by atoms with E-state index in [0.29, 0.717) is 0 Å². The lowest BCUT2D eigenvalue weighted by Crippen LogP contribution is -2.42. The Bertz CT molecular complexity index is 514. The van der Waals surface area contributed by atoms with E-state index in [1.165, 1.54) is 12.0 Å². The quantitative estimate of drug-likeness (QED) is 0.848. The molecule has 0 bridgehead atoms. The fourth-order valence-corrected chi connectivity index (χ4v) is 3.32. The van der Waals surface area contributed by atoms with Crippen molar-refractivity contribution >= 4 is 12.0 Å². The van der Waals surface area contributed by atoms with Crippen molar-refractivity contribution in [1.29, 1.82) is 0 Å². The van der Waals surface area contributed by atoms with Crippen molar-refractivity contribution in [2.75, 3.05) is 26.2 Å². The molecule has 1 heterocycles. The van der Waals surface area contributed by atoms with E-state index in [4.69, 9.17) is 0 Å². The predicted molar refractivity (Wildman–Crippen MR) is 92.6 cm³/mol. The molecule has 3 nitrogen and oxygen atoms in total. The van der Waals surface area contributed by atoms with Gasteiger partial charge in [-0.05, 0) is 36.8 Å². The van der Waals surface area contributed by atoms with Crippen LogP contribution in [0.1, 0.15) is 31.4 Å². The number of carbonyl (C=O) groups excluding carboxylic acids is 1. The Morgan fingerprint density at radius 2 is 2.05 bits per heavy atom. The van der Waals surface area contributed by atoms with Crippen LogP contribution < -0.4 is 5.32 Å². The van der Waals surface area contributed by atoms with Crippen molar-refractivity contribution in [2.45, 2.75) is 27.2 Å². The van der Waals surface area contributed by atoms with Crippen LogP contribution in [0, 0.1) is 18.8 Å². The van der Waals surface area contributed by atoms with Gasteiger partial charge in [0.2, 0.25) is 5.91 Å². The number of rotatable bonds is 5. The van der Waals surface area contributed by atoms with E-state index in [9.17, 15) is 4.79 Å². The number of piperidine rings is 1. The first-order chi connectivity index (χ1) is 10.5. The zero-order valence-corrected chi connectivity index (χ0v) is 14.0. The van der Waals surface area contributed by atoms with Crippen molar-refractivity contribution in [1.82, 2.24) is 10.2 Å². The molecule has 22 heavy (non-hydrogen) atoms. The van der Waals surface area contributed by atoms with Crippen molar-refractivity contribution in [3.63, 3.8) is 0 Å². The first kappa shape index (κ1) is 16.8. The van der Waals surface area contributed by atoms with E-state index in [1.807, 2.05) is 18.2 Å².